The number of hydrogen-bond acceptors (Lipinski definition) is 4. The van der Waals surface area contributed by atoms with Crippen molar-refractivity contribution in [1.82, 2.24) is 10.2 Å². The van der Waals surface area contributed by atoms with Crippen LogP contribution in [-0.2, 0) is 0 Å². The van der Waals surface area contributed by atoms with Gasteiger partial charge in [-0.3, -0.25) is 10.1 Å². The van der Waals surface area contributed by atoms with Crippen LogP contribution in [0.4, 0.5) is 6.01 Å². The molecule has 0 saturated carbocycles. The number of carbonyl (C=O) groups is 1. The third kappa shape index (κ3) is 3.24. The van der Waals surface area contributed by atoms with Crippen molar-refractivity contribution in [3.05, 3.63) is 64.2 Å². The van der Waals surface area contributed by atoms with E-state index in [1.165, 1.54) is 0 Å². The molecule has 0 aliphatic rings. The van der Waals surface area contributed by atoms with Gasteiger partial charge < -0.3 is 4.42 Å². The molecule has 6 heteroatoms. The van der Waals surface area contributed by atoms with Crippen LogP contribution in [0.1, 0.15) is 21.5 Å². The van der Waals surface area contributed by atoms with Gasteiger partial charge in [0.25, 0.3) is 11.8 Å². The lowest BCUT2D eigenvalue weighted by Gasteiger charge is -2.05. The molecule has 2 aromatic carbocycles. The molecule has 3 aromatic rings. The molecule has 1 heterocycles. The fourth-order valence-corrected chi connectivity index (χ4v) is 2.47. The first kappa shape index (κ1) is 15.2. The van der Waals surface area contributed by atoms with Crippen LogP contribution < -0.4 is 5.32 Å². The average molecular weight is 328 g/mol. The second kappa shape index (κ2) is 6.22. The molecule has 0 fully saturated rings. The van der Waals surface area contributed by atoms with Crippen LogP contribution in [0.3, 0.4) is 0 Å². The molecule has 0 aliphatic heterocycles. The summed E-state index contributed by atoms with van der Waals surface area (Å²) in [7, 11) is 0. The topological polar surface area (TPSA) is 68.0 Å². The second-order valence-electron chi connectivity index (χ2n) is 5.16. The average Bonchev–Trinajstić information content (AvgIpc) is 2.95. The molecule has 0 saturated heterocycles. The van der Waals surface area contributed by atoms with E-state index in [1.807, 2.05) is 38.1 Å². The summed E-state index contributed by atoms with van der Waals surface area (Å²) >= 11 is 6.09. The van der Waals surface area contributed by atoms with E-state index in [-0.39, 0.29) is 17.8 Å². The summed E-state index contributed by atoms with van der Waals surface area (Å²) in [6.07, 6.45) is 0. The van der Waals surface area contributed by atoms with Crippen LogP contribution in [0.15, 0.2) is 46.9 Å². The SMILES string of the molecule is Cc1ccc(C(=O)Nc2nnc(-c3ccccc3Cl)o2)c(C)c1. The monoisotopic (exact) mass is 327 g/mol. The van der Waals surface area contributed by atoms with Gasteiger partial charge in [0.15, 0.2) is 0 Å². The van der Waals surface area contributed by atoms with Crippen molar-refractivity contribution in [2.45, 2.75) is 13.8 Å². The summed E-state index contributed by atoms with van der Waals surface area (Å²) in [5.41, 5.74) is 3.16. The molecular weight excluding hydrogens is 314 g/mol. The van der Waals surface area contributed by atoms with Crippen molar-refractivity contribution in [1.29, 1.82) is 0 Å². The smallest absolute Gasteiger partial charge is 0.322 e. The van der Waals surface area contributed by atoms with Gasteiger partial charge in [-0.05, 0) is 37.6 Å². The fourth-order valence-electron chi connectivity index (χ4n) is 2.25. The van der Waals surface area contributed by atoms with Gasteiger partial charge in [-0.25, -0.2) is 0 Å². The van der Waals surface area contributed by atoms with Crippen molar-refractivity contribution < 1.29 is 9.21 Å². The summed E-state index contributed by atoms with van der Waals surface area (Å²) < 4.78 is 5.47. The second-order valence-corrected chi connectivity index (χ2v) is 5.57. The summed E-state index contributed by atoms with van der Waals surface area (Å²) in [5.74, 6) is -0.0385. The first-order valence-electron chi connectivity index (χ1n) is 7.01. The number of aryl methyl sites for hydroxylation is 2. The molecular formula is C17H14ClN3O2. The molecule has 0 atom stereocenters. The van der Waals surface area contributed by atoms with E-state index in [0.717, 1.165) is 11.1 Å². The Morgan fingerprint density at radius 2 is 1.91 bits per heavy atom. The number of nitrogens with zero attached hydrogens (tertiary/aromatic N) is 2. The molecule has 1 aromatic heterocycles. The lowest BCUT2D eigenvalue weighted by molar-refractivity contribution is 0.102. The number of benzene rings is 2. The highest BCUT2D eigenvalue weighted by atomic mass is 35.5. The van der Waals surface area contributed by atoms with Crippen molar-refractivity contribution >= 4 is 23.5 Å². The number of halogens is 1. The highest BCUT2D eigenvalue weighted by Crippen LogP contribution is 2.27. The summed E-state index contributed by atoms with van der Waals surface area (Å²) in [4.78, 5) is 12.3. The summed E-state index contributed by atoms with van der Waals surface area (Å²) in [6, 6.07) is 12.8. The van der Waals surface area contributed by atoms with Crippen LogP contribution >= 0.6 is 11.6 Å². The van der Waals surface area contributed by atoms with E-state index < -0.39 is 0 Å². The van der Waals surface area contributed by atoms with Crippen molar-refractivity contribution in [3.8, 4) is 11.5 Å². The minimum absolute atomic E-state index is 0.0323. The fraction of sp³-hybridized carbons (Fsp3) is 0.118. The maximum atomic E-state index is 12.3. The largest absolute Gasteiger partial charge is 0.403 e. The molecule has 0 spiro atoms. The van der Waals surface area contributed by atoms with Gasteiger partial charge in [0.1, 0.15) is 0 Å². The van der Waals surface area contributed by atoms with Gasteiger partial charge in [-0.15, -0.1) is 5.10 Å². The van der Waals surface area contributed by atoms with Gasteiger partial charge >= 0.3 is 6.01 Å². The van der Waals surface area contributed by atoms with Crippen LogP contribution in [0, 0.1) is 13.8 Å². The van der Waals surface area contributed by atoms with E-state index in [2.05, 4.69) is 15.5 Å². The van der Waals surface area contributed by atoms with Crippen molar-refractivity contribution in [2.75, 3.05) is 5.32 Å². The Bertz CT molecular complexity index is 874. The Hall–Kier alpha value is -2.66. The van der Waals surface area contributed by atoms with Gasteiger partial charge in [-0.1, -0.05) is 46.5 Å². The summed E-state index contributed by atoms with van der Waals surface area (Å²) in [6.45, 7) is 3.85. The number of anilines is 1. The van der Waals surface area contributed by atoms with Gasteiger partial charge in [0.05, 0.1) is 10.6 Å². The molecule has 116 valence electrons. The number of rotatable bonds is 3. The molecule has 0 unspecified atom stereocenters. The molecule has 5 nitrogen and oxygen atoms in total. The van der Waals surface area contributed by atoms with E-state index in [4.69, 9.17) is 16.0 Å². The highest BCUT2D eigenvalue weighted by Gasteiger charge is 2.15. The van der Waals surface area contributed by atoms with Gasteiger partial charge in [0, 0.05) is 5.56 Å². The first-order chi connectivity index (χ1) is 11.0. The lowest BCUT2D eigenvalue weighted by atomic mass is 10.1. The van der Waals surface area contributed by atoms with Crippen LogP contribution in [-0.4, -0.2) is 16.1 Å². The van der Waals surface area contributed by atoms with Gasteiger partial charge in [0.2, 0.25) is 0 Å². The molecule has 0 bridgehead atoms. The maximum Gasteiger partial charge on any atom is 0.322 e. The van der Waals surface area contributed by atoms with E-state index in [1.54, 1.807) is 18.2 Å². The Morgan fingerprint density at radius 1 is 1.13 bits per heavy atom. The normalized spacial score (nSPS) is 10.6. The highest BCUT2D eigenvalue weighted by molar-refractivity contribution is 6.33. The Kier molecular flexibility index (Phi) is 4.12. The zero-order chi connectivity index (χ0) is 16.4. The van der Waals surface area contributed by atoms with Crippen LogP contribution in [0.2, 0.25) is 5.02 Å². The summed E-state index contributed by atoms with van der Waals surface area (Å²) in [5, 5.41) is 10.9. The predicted molar refractivity (Wildman–Crippen MR) is 88.6 cm³/mol. The predicted octanol–water partition coefficient (Wildman–Crippen LogP) is 4.26. The van der Waals surface area contributed by atoms with Crippen LogP contribution in [0.25, 0.3) is 11.5 Å². The Balaban J connectivity index is 1.82. The minimum Gasteiger partial charge on any atom is -0.403 e. The van der Waals surface area contributed by atoms with E-state index in [0.29, 0.717) is 16.1 Å². The van der Waals surface area contributed by atoms with E-state index >= 15 is 0 Å². The number of carbonyl (C=O) groups excluding carboxylic acids is 1. The lowest BCUT2D eigenvalue weighted by Crippen LogP contribution is -2.13. The molecule has 3 rings (SSSR count). The first-order valence-corrected chi connectivity index (χ1v) is 7.39. The molecule has 1 N–H and O–H groups in total. The molecule has 23 heavy (non-hydrogen) atoms. The maximum absolute atomic E-state index is 12.3. The van der Waals surface area contributed by atoms with Crippen molar-refractivity contribution in [2.24, 2.45) is 0 Å². The molecule has 0 aliphatic carbocycles. The zero-order valence-electron chi connectivity index (χ0n) is 12.6. The molecule has 0 radical (unpaired) electrons. The van der Waals surface area contributed by atoms with Crippen LogP contribution in [0.5, 0.6) is 0 Å². The standard InChI is InChI=1S/C17H14ClN3O2/c1-10-7-8-12(11(2)9-10)15(22)19-17-21-20-16(23-17)13-5-3-4-6-14(13)18/h3-9H,1-2H3,(H,19,21,22). The number of hydrogen-bond donors (Lipinski definition) is 1. The minimum atomic E-state index is -0.295. The van der Waals surface area contributed by atoms with Crippen molar-refractivity contribution in [3.63, 3.8) is 0 Å². The van der Waals surface area contributed by atoms with Gasteiger partial charge in [-0.2, -0.15) is 0 Å². The number of nitrogens with one attached hydrogen (secondary N) is 1. The number of amides is 1. The quantitative estimate of drug-likeness (QED) is 0.780. The molecule has 1 amide bonds. The third-order valence-electron chi connectivity index (χ3n) is 3.38. The zero-order valence-corrected chi connectivity index (χ0v) is 13.4. The number of aromatic nitrogens is 2. The third-order valence-corrected chi connectivity index (χ3v) is 3.71. The Labute approximate surface area is 138 Å². The van der Waals surface area contributed by atoms with E-state index in [9.17, 15) is 4.79 Å². The Morgan fingerprint density at radius 3 is 2.65 bits per heavy atom.